The van der Waals surface area contributed by atoms with E-state index in [1.54, 1.807) is 0 Å². The summed E-state index contributed by atoms with van der Waals surface area (Å²) in [5, 5.41) is 4.66. The minimum Gasteiger partial charge on any atom is -0.456 e. The normalized spacial score (nSPS) is 12.1. The lowest BCUT2D eigenvalue weighted by Gasteiger charge is -2.02. The Morgan fingerprint density at radius 2 is 0.806 bits per heavy atom. The Balaban J connectivity index is 1.31. The molecule has 0 amide bonds. The number of furan rings is 2. The van der Waals surface area contributed by atoms with Crippen molar-refractivity contribution >= 4 is 43.9 Å². The van der Waals surface area contributed by atoms with Crippen LogP contribution in [0, 0.1) is 0 Å². The molecule has 5 aromatic rings. The van der Waals surface area contributed by atoms with Crippen molar-refractivity contribution in [2.45, 2.75) is 104 Å². The van der Waals surface area contributed by atoms with E-state index < -0.39 is 0 Å². The maximum atomic E-state index is 6.35. The highest BCUT2D eigenvalue weighted by molar-refractivity contribution is 6.14. The summed E-state index contributed by atoms with van der Waals surface area (Å²) in [6.45, 7) is 4.55. The van der Waals surface area contributed by atoms with Gasteiger partial charge >= 0.3 is 0 Å². The molecular weight excluding hydrogens is 440 g/mol. The van der Waals surface area contributed by atoms with Crippen molar-refractivity contribution in [1.29, 1.82) is 0 Å². The number of aryl methyl sites for hydroxylation is 2. The molecule has 2 aromatic heterocycles. The summed E-state index contributed by atoms with van der Waals surface area (Å²) >= 11 is 0. The molecule has 0 fully saturated rings. The molecule has 0 atom stereocenters. The molecule has 0 radical (unpaired) electrons. The van der Waals surface area contributed by atoms with Gasteiger partial charge in [-0.15, -0.1) is 0 Å². The van der Waals surface area contributed by atoms with Crippen LogP contribution in [0.5, 0.6) is 0 Å². The van der Waals surface area contributed by atoms with E-state index in [-0.39, 0.29) is 0 Å². The van der Waals surface area contributed by atoms with E-state index in [0.717, 1.165) is 45.9 Å². The molecule has 2 heterocycles. The van der Waals surface area contributed by atoms with Gasteiger partial charge in [0.05, 0.1) is 0 Å². The smallest absolute Gasteiger partial charge is 0.136 e. The van der Waals surface area contributed by atoms with Crippen LogP contribution in [-0.4, -0.2) is 0 Å². The average Bonchev–Trinajstić information content (AvgIpc) is 3.43. The van der Waals surface area contributed by atoms with E-state index in [1.807, 2.05) is 0 Å². The minimum atomic E-state index is 0.952. The molecular formula is C34H42O2. The summed E-state index contributed by atoms with van der Waals surface area (Å²) in [6.07, 6.45) is 18.2. The number of fused-ring (bicyclic) bond motifs is 6. The second-order valence-corrected chi connectivity index (χ2v) is 10.7. The number of hydrogen-bond acceptors (Lipinski definition) is 2. The summed E-state index contributed by atoms with van der Waals surface area (Å²) < 4.78 is 12.7. The van der Waals surface area contributed by atoms with Crippen LogP contribution in [0.3, 0.4) is 0 Å². The predicted molar refractivity (Wildman–Crippen MR) is 155 cm³/mol. The Hall–Kier alpha value is -2.74. The van der Waals surface area contributed by atoms with E-state index in [2.05, 4.69) is 62.4 Å². The first kappa shape index (κ1) is 24.9. The van der Waals surface area contributed by atoms with Crippen molar-refractivity contribution in [2.75, 3.05) is 0 Å². The highest BCUT2D eigenvalue weighted by Crippen LogP contribution is 2.37. The molecule has 36 heavy (non-hydrogen) atoms. The average molecular weight is 483 g/mol. The molecule has 5 rings (SSSR count). The summed E-state index contributed by atoms with van der Waals surface area (Å²) in [5.41, 5.74) is 6.65. The van der Waals surface area contributed by atoms with Gasteiger partial charge in [-0.2, -0.15) is 0 Å². The van der Waals surface area contributed by atoms with Gasteiger partial charge < -0.3 is 8.83 Å². The quantitative estimate of drug-likeness (QED) is 0.147. The van der Waals surface area contributed by atoms with Gasteiger partial charge in [0.25, 0.3) is 0 Å². The largest absolute Gasteiger partial charge is 0.456 e. The lowest BCUT2D eigenvalue weighted by Crippen LogP contribution is -1.86. The zero-order chi connectivity index (χ0) is 24.7. The van der Waals surface area contributed by atoms with E-state index >= 15 is 0 Å². The van der Waals surface area contributed by atoms with Crippen LogP contribution in [-0.2, 0) is 12.8 Å². The zero-order valence-electron chi connectivity index (χ0n) is 22.3. The maximum Gasteiger partial charge on any atom is 0.136 e. The molecule has 190 valence electrons. The SMILES string of the molecule is CCCCCCCCc1ccc2c(c1)oc1cc3c(cc12)oc1cc(CCCCCCCC)ccc13. The van der Waals surface area contributed by atoms with Crippen LogP contribution in [0.2, 0.25) is 0 Å². The van der Waals surface area contributed by atoms with Crippen molar-refractivity contribution < 1.29 is 8.83 Å². The topological polar surface area (TPSA) is 26.3 Å². The standard InChI is InChI=1S/C34H42O2/c1-3-5-7-9-11-13-15-25-17-19-27-29-23-34-30(24-33(29)35-31(27)21-25)28-20-18-26(22-32(28)36-34)16-14-12-10-8-6-4-2/h17-24H,3-16H2,1-2H3. The maximum absolute atomic E-state index is 6.35. The van der Waals surface area contributed by atoms with Gasteiger partial charge in [-0.3, -0.25) is 0 Å². The monoisotopic (exact) mass is 482 g/mol. The van der Waals surface area contributed by atoms with Crippen molar-refractivity contribution in [3.05, 3.63) is 59.7 Å². The highest BCUT2D eigenvalue weighted by Gasteiger charge is 2.14. The highest BCUT2D eigenvalue weighted by atomic mass is 16.3. The first-order valence-electron chi connectivity index (χ1n) is 14.6. The third-order valence-corrected chi connectivity index (χ3v) is 7.83. The third kappa shape index (κ3) is 5.64. The molecule has 0 aliphatic rings. The van der Waals surface area contributed by atoms with E-state index in [0.29, 0.717) is 0 Å². The Labute approximate surface area is 216 Å². The van der Waals surface area contributed by atoms with Crippen molar-refractivity contribution in [2.24, 2.45) is 0 Å². The predicted octanol–water partition coefficient (Wildman–Crippen LogP) is 11.3. The fourth-order valence-corrected chi connectivity index (χ4v) is 5.66. The Morgan fingerprint density at radius 3 is 1.25 bits per heavy atom. The van der Waals surface area contributed by atoms with Crippen molar-refractivity contribution in [3.8, 4) is 0 Å². The summed E-state index contributed by atoms with van der Waals surface area (Å²) in [6, 6.07) is 17.9. The van der Waals surface area contributed by atoms with Crippen molar-refractivity contribution in [1.82, 2.24) is 0 Å². The molecule has 0 bridgehead atoms. The molecule has 3 aromatic carbocycles. The second kappa shape index (κ2) is 12.0. The third-order valence-electron chi connectivity index (χ3n) is 7.83. The number of benzene rings is 3. The summed E-state index contributed by atoms with van der Waals surface area (Å²) in [7, 11) is 0. The van der Waals surface area contributed by atoms with E-state index in [4.69, 9.17) is 8.83 Å². The summed E-state index contributed by atoms with van der Waals surface area (Å²) in [5.74, 6) is 0. The van der Waals surface area contributed by atoms with Gasteiger partial charge in [0.1, 0.15) is 22.3 Å². The Morgan fingerprint density at radius 1 is 0.417 bits per heavy atom. The number of unbranched alkanes of at least 4 members (excludes halogenated alkanes) is 10. The van der Waals surface area contributed by atoms with Crippen LogP contribution in [0.15, 0.2) is 57.4 Å². The molecule has 2 nitrogen and oxygen atoms in total. The van der Waals surface area contributed by atoms with Crippen LogP contribution in [0.1, 0.15) is 102 Å². The fraction of sp³-hybridized carbons (Fsp3) is 0.471. The first-order chi connectivity index (χ1) is 17.8. The van der Waals surface area contributed by atoms with Gasteiger partial charge in [-0.05, 0) is 61.1 Å². The number of rotatable bonds is 14. The molecule has 0 unspecified atom stereocenters. The van der Waals surface area contributed by atoms with E-state index in [1.165, 1.54) is 98.9 Å². The van der Waals surface area contributed by atoms with Gasteiger partial charge in [0.2, 0.25) is 0 Å². The molecule has 0 saturated heterocycles. The first-order valence-corrected chi connectivity index (χ1v) is 14.6. The Bertz CT molecular complexity index is 1310. The van der Waals surface area contributed by atoms with Crippen molar-refractivity contribution in [3.63, 3.8) is 0 Å². The molecule has 0 spiro atoms. The van der Waals surface area contributed by atoms with Crippen LogP contribution in [0.25, 0.3) is 43.9 Å². The Kier molecular flexibility index (Phi) is 8.31. The van der Waals surface area contributed by atoms with Crippen LogP contribution < -0.4 is 0 Å². The molecule has 0 aliphatic carbocycles. The lowest BCUT2D eigenvalue weighted by atomic mass is 10.0. The molecule has 2 heteroatoms. The van der Waals surface area contributed by atoms with Crippen LogP contribution >= 0.6 is 0 Å². The van der Waals surface area contributed by atoms with Crippen LogP contribution in [0.4, 0.5) is 0 Å². The second-order valence-electron chi connectivity index (χ2n) is 10.7. The summed E-state index contributed by atoms with van der Waals surface area (Å²) in [4.78, 5) is 0. The van der Waals surface area contributed by atoms with Gasteiger partial charge in [0, 0.05) is 21.5 Å². The lowest BCUT2D eigenvalue weighted by molar-refractivity contribution is 0.607. The fourth-order valence-electron chi connectivity index (χ4n) is 5.66. The number of hydrogen-bond donors (Lipinski definition) is 0. The van der Waals surface area contributed by atoms with Gasteiger partial charge in [0.15, 0.2) is 0 Å². The molecule has 0 N–H and O–H groups in total. The molecule has 0 aliphatic heterocycles. The molecule has 0 saturated carbocycles. The zero-order valence-corrected chi connectivity index (χ0v) is 22.3. The van der Waals surface area contributed by atoms with Gasteiger partial charge in [-0.25, -0.2) is 0 Å². The minimum absolute atomic E-state index is 0.952. The van der Waals surface area contributed by atoms with E-state index in [9.17, 15) is 0 Å². The van der Waals surface area contributed by atoms with Gasteiger partial charge in [-0.1, -0.05) is 102 Å².